The average Bonchev–Trinajstić information content (AvgIpc) is 2.38. The largest absolute Gasteiger partial charge is 0.466 e. The molecule has 0 N–H and O–H groups in total. The number of carbonyl (C=O) groups is 1. The number of ether oxygens (including phenoxy) is 1. The Balaban J connectivity index is 2.59. The van der Waals surface area contributed by atoms with Crippen LogP contribution in [0.15, 0.2) is 24.3 Å². The molecule has 1 atom stereocenters. The summed E-state index contributed by atoms with van der Waals surface area (Å²) in [6, 6.07) is 8.98. The average molecular weight is 276 g/mol. The minimum atomic E-state index is -0.187. The third-order valence-corrected chi connectivity index (χ3v) is 3.74. The zero-order valence-electron chi connectivity index (χ0n) is 13.5. The van der Waals surface area contributed by atoms with E-state index in [9.17, 15) is 4.79 Å². The molecule has 0 aliphatic rings. The maximum Gasteiger partial charge on any atom is 0.302 e. The van der Waals surface area contributed by atoms with Crippen molar-refractivity contribution in [3.05, 3.63) is 35.4 Å². The van der Waals surface area contributed by atoms with E-state index in [1.165, 1.54) is 18.1 Å². The van der Waals surface area contributed by atoms with E-state index in [4.69, 9.17) is 4.74 Å². The van der Waals surface area contributed by atoms with E-state index in [0.717, 1.165) is 19.3 Å². The van der Waals surface area contributed by atoms with Crippen molar-refractivity contribution < 1.29 is 9.53 Å². The Morgan fingerprint density at radius 2 is 1.80 bits per heavy atom. The molecule has 0 bridgehead atoms. The van der Waals surface area contributed by atoms with Crippen LogP contribution in [0.1, 0.15) is 70.9 Å². The normalized spacial score (nSPS) is 13.1. The predicted molar refractivity (Wildman–Crippen MR) is 84.0 cm³/mol. The van der Waals surface area contributed by atoms with Gasteiger partial charge in [-0.3, -0.25) is 4.79 Å². The third kappa shape index (κ3) is 5.36. The molecule has 0 radical (unpaired) electrons. The molecule has 2 heteroatoms. The Morgan fingerprint density at radius 3 is 2.25 bits per heavy atom. The van der Waals surface area contributed by atoms with E-state index in [2.05, 4.69) is 52.0 Å². The van der Waals surface area contributed by atoms with Crippen LogP contribution in [0.2, 0.25) is 0 Å². The van der Waals surface area contributed by atoms with E-state index in [1.807, 2.05) is 0 Å². The van der Waals surface area contributed by atoms with Crippen molar-refractivity contribution in [1.82, 2.24) is 0 Å². The van der Waals surface area contributed by atoms with E-state index in [0.29, 0.717) is 12.5 Å². The zero-order chi connectivity index (χ0) is 15.2. The molecule has 2 nitrogen and oxygen atoms in total. The Bertz CT molecular complexity index is 412. The van der Waals surface area contributed by atoms with Crippen molar-refractivity contribution in [2.45, 2.75) is 65.2 Å². The number of esters is 1. The Kier molecular flexibility index (Phi) is 6.25. The molecule has 1 aromatic carbocycles. The first-order valence-electron chi connectivity index (χ1n) is 7.58. The molecule has 0 spiro atoms. The molecule has 1 rings (SSSR count). The van der Waals surface area contributed by atoms with Gasteiger partial charge in [0.2, 0.25) is 0 Å². The van der Waals surface area contributed by atoms with Crippen molar-refractivity contribution in [1.29, 1.82) is 0 Å². The van der Waals surface area contributed by atoms with Crippen molar-refractivity contribution in [3.63, 3.8) is 0 Å². The molecular weight excluding hydrogens is 248 g/mol. The van der Waals surface area contributed by atoms with Crippen molar-refractivity contribution in [3.8, 4) is 0 Å². The SMILES string of the molecule is CCC(CCCOC(C)=O)c1ccc(C(C)(C)C)cc1. The number of hydrogen-bond donors (Lipinski definition) is 0. The van der Waals surface area contributed by atoms with Gasteiger partial charge < -0.3 is 4.74 Å². The lowest BCUT2D eigenvalue weighted by Gasteiger charge is -2.21. The maximum atomic E-state index is 10.7. The summed E-state index contributed by atoms with van der Waals surface area (Å²) in [6.07, 6.45) is 3.12. The maximum absolute atomic E-state index is 10.7. The van der Waals surface area contributed by atoms with Gasteiger partial charge >= 0.3 is 5.97 Å². The highest BCUT2D eigenvalue weighted by atomic mass is 16.5. The van der Waals surface area contributed by atoms with Crippen LogP contribution in [0, 0.1) is 0 Å². The topological polar surface area (TPSA) is 26.3 Å². The monoisotopic (exact) mass is 276 g/mol. The Labute approximate surface area is 123 Å². The van der Waals surface area contributed by atoms with Crippen LogP contribution in [0.3, 0.4) is 0 Å². The van der Waals surface area contributed by atoms with Gasteiger partial charge in [-0.05, 0) is 41.7 Å². The van der Waals surface area contributed by atoms with Crippen LogP contribution >= 0.6 is 0 Å². The van der Waals surface area contributed by atoms with Gasteiger partial charge in [0.25, 0.3) is 0 Å². The van der Waals surface area contributed by atoms with Crippen LogP contribution in [-0.2, 0) is 14.9 Å². The smallest absolute Gasteiger partial charge is 0.302 e. The highest BCUT2D eigenvalue weighted by molar-refractivity contribution is 5.65. The molecule has 0 fully saturated rings. The van der Waals surface area contributed by atoms with Crippen molar-refractivity contribution >= 4 is 5.97 Å². The summed E-state index contributed by atoms with van der Waals surface area (Å²) in [6.45, 7) is 10.9. The van der Waals surface area contributed by atoms with Gasteiger partial charge in [0.15, 0.2) is 0 Å². The number of rotatable bonds is 6. The fourth-order valence-corrected chi connectivity index (χ4v) is 2.41. The standard InChI is InChI=1S/C18H28O2/c1-6-15(8-7-13-20-14(2)19)16-9-11-17(12-10-16)18(3,4)5/h9-12,15H,6-8,13H2,1-5H3. The molecule has 0 aliphatic carbocycles. The van der Waals surface area contributed by atoms with Crippen LogP contribution in [0.25, 0.3) is 0 Å². The highest BCUT2D eigenvalue weighted by Crippen LogP contribution is 2.28. The molecule has 0 aromatic heterocycles. The molecule has 0 amide bonds. The summed E-state index contributed by atoms with van der Waals surface area (Å²) in [5.41, 5.74) is 2.97. The van der Waals surface area contributed by atoms with Gasteiger partial charge in [-0.15, -0.1) is 0 Å². The summed E-state index contributed by atoms with van der Waals surface area (Å²) < 4.78 is 5.00. The van der Waals surface area contributed by atoms with Gasteiger partial charge in [0.05, 0.1) is 6.61 Å². The molecule has 0 heterocycles. The first kappa shape index (κ1) is 16.7. The molecule has 0 saturated heterocycles. The molecule has 0 aliphatic heterocycles. The minimum absolute atomic E-state index is 0.187. The van der Waals surface area contributed by atoms with Crippen LogP contribution in [0.5, 0.6) is 0 Å². The molecular formula is C18H28O2. The molecule has 0 saturated carbocycles. The lowest BCUT2D eigenvalue weighted by molar-refractivity contribution is -0.141. The Hall–Kier alpha value is -1.31. The van der Waals surface area contributed by atoms with Gasteiger partial charge in [0.1, 0.15) is 0 Å². The number of hydrogen-bond acceptors (Lipinski definition) is 2. The first-order valence-corrected chi connectivity index (χ1v) is 7.58. The van der Waals surface area contributed by atoms with Gasteiger partial charge in [-0.2, -0.15) is 0 Å². The fourth-order valence-electron chi connectivity index (χ4n) is 2.41. The zero-order valence-corrected chi connectivity index (χ0v) is 13.5. The van der Waals surface area contributed by atoms with E-state index >= 15 is 0 Å². The van der Waals surface area contributed by atoms with Gasteiger partial charge in [-0.1, -0.05) is 52.0 Å². The summed E-state index contributed by atoms with van der Waals surface area (Å²) in [5, 5.41) is 0. The van der Waals surface area contributed by atoms with Gasteiger partial charge in [-0.25, -0.2) is 0 Å². The molecule has 20 heavy (non-hydrogen) atoms. The number of benzene rings is 1. The van der Waals surface area contributed by atoms with Gasteiger partial charge in [0, 0.05) is 6.92 Å². The second kappa shape index (κ2) is 7.47. The van der Waals surface area contributed by atoms with E-state index in [-0.39, 0.29) is 11.4 Å². The van der Waals surface area contributed by atoms with Crippen molar-refractivity contribution in [2.24, 2.45) is 0 Å². The molecule has 1 unspecified atom stereocenters. The highest BCUT2D eigenvalue weighted by Gasteiger charge is 2.15. The summed E-state index contributed by atoms with van der Waals surface area (Å²) >= 11 is 0. The lowest BCUT2D eigenvalue weighted by Crippen LogP contribution is -2.11. The van der Waals surface area contributed by atoms with Crippen LogP contribution in [0.4, 0.5) is 0 Å². The van der Waals surface area contributed by atoms with E-state index < -0.39 is 0 Å². The van der Waals surface area contributed by atoms with Crippen LogP contribution < -0.4 is 0 Å². The second-order valence-electron chi connectivity index (χ2n) is 6.46. The molecule has 1 aromatic rings. The van der Waals surface area contributed by atoms with Crippen molar-refractivity contribution in [2.75, 3.05) is 6.61 Å². The fraction of sp³-hybridized carbons (Fsp3) is 0.611. The van der Waals surface area contributed by atoms with E-state index in [1.54, 1.807) is 0 Å². The lowest BCUT2D eigenvalue weighted by atomic mass is 9.84. The third-order valence-electron chi connectivity index (χ3n) is 3.74. The quantitative estimate of drug-likeness (QED) is 0.550. The molecule has 112 valence electrons. The van der Waals surface area contributed by atoms with Crippen LogP contribution in [-0.4, -0.2) is 12.6 Å². The predicted octanol–water partition coefficient (Wildman–Crippen LogP) is 4.82. The summed E-state index contributed by atoms with van der Waals surface area (Å²) in [5.74, 6) is 0.368. The summed E-state index contributed by atoms with van der Waals surface area (Å²) in [4.78, 5) is 10.7. The Morgan fingerprint density at radius 1 is 1.20 bits per heavy atom. The minimum Gasteiger partial charge on any atom is -0.466 e. The number of carbonyl (C=O) groups excluding carboxylic acids is 1. The summed E-state index contributed by atoms with van der Waals surface area (Å²) in [7, 11) is 0. The first-order chi connectivity index (χ1) is 9.34. The second-order valence-corrected chi connectivity index (χ2v) is 6.46.